The number of hydrogen-bond acceptors (Lipinski definition) is 4. The molecule has 118 valence electrons. The highest BCUT2D eigenvalue weighted by Crippen LogP contribution is 2.34. The monoisotopic (exact) mass is 305 g/mol. The predicted molar refractivity (Wildman–Crippen MR) is 78.7 cm³/mol. The number of nitrogens with one attached hydrogen (secondary N) is 2. The molecule has 0 aromatic carbocycles. The van der Waals surface area contributed by atoms with E-state index in [0.717, 1.165) is 38.6 Å². The summed E-state index contributed by atoms with van der Waals surface area (Å²) in [6, 6.07) is 0. The van der Waals surface area contributed by atoms with Crippen LogP contribution in [0, 0.1) is 5.92 Å². The first kappa shape index (κ1) is 16.2. The Morgan fingerprint density at radius 2 is 2.10 bits per heavy atom. The van der Waals surface area contributed by atoms with Crippen LogP contribution >= 0.6 is 0 Å². The lowest BCUT2D eigenvalue weighted by molar-refractivity contribution is -0.0661. The Labute approximate surface area is 122 Å². The zero-order chi connectivity index (χ0) is 14.6. The highest BCUT2D eigenvalue weighted by atomic mass is 32.2. The van der Waals surface area contributed by atoms with Gasteiger partial charge in [0.05, 0.1) is 5.60 Å². The summed E-state index contributed by atoms with van der Waals surface area (Å²) in [6.45, 7) is 2.48. The lowest BCUT2D eigenvalue weighted by Crippen LogP contribution is -2.54. The Hall–Kier alpha value is -0.210. The average Bonchev–Trinajstić information content (AvgIpc) is 2.39. The molecule has 7 heteroatoms. The van der Waals surface area contributed by atoms with Crippen LogP contribution in [-0.4, -0.2) is 58.7 Å². The largest absolute Gasteiger partial charge is 0.377 e. The number of ether oxygens (including phenoxy) is 1. The number of hydrogen-bond donors (Lipinski definition) is 2. The van der Waals surface area contributed by atoms with Crippen molar-refractivity contribution in [3.63, 3.8) is 0 Å². The van der Waals surface area contributed by atoms with Crippen LogP contribution in [0.1, 0.15) is 32.1 Å². The van der Waals surface area contributed by atoms with E-state index in [1.54, 1.807) is 11.4 Å². The Morgan fingerprint density at radius 3 is 2.65 bits per heavy atom. The van der Waals surface area contributed by atoms with Crippen LogP contribution in [0.25, 0.3) is 0 Å². The van der Waals surface area contributed by atoms with Crippen molar-refractivity contribution in [3.05, 3.63) is 0 Å². The molecule has 0 amide bonds. The minimum atomic E-state index is -3.38. The molecule has 20 heavy (non-hydrogen) atoms. The van der Waals surface area contributed by atoms with Crippen LogP contribution in [-0.2, 0) is 14.9 Å². The topological polar surface area (TPSA) is 70.7 Å². The molecule has 1 heterocycles. The predicted octanol–water partition coefficient (Wildman–Crippen LogP) is 0.321. The molecule has 0 spiro atoms. The summed E-state index contributed by atoms with van der Waals surface area (Å²) in [5, 5.41) is 3.13. The molecule has 0 aromatic rings. The molecule has 2 rings (SSSR count). The SMILES string of the molecule is CNCC1CCCN(S(=O)(=O)NCC2(OC)CCC2)C1. The fourth-order valence-electron chi connectivity index (χ4n) is 3.04. The molecule has 1 atom stereocenters. The molecule has 6 nitrogen and oxygen atoms in total. The number of nitrogens with zero attached hydrogens (tertiary/aromatic N) is 1. The summed E-state index contributed by atoms with van der Waals surface area (Å²) in [7, 11) is 0.193. The third-order valence-electron chi connectivity index (χ3n) is 4.59. The van der Waals surface area contributed by atoms with E-state index in [-0.39, 0.29) is 5.60 Å². The smallest absolute Gasteiger partial charge is 0.279 e. The molecule has 1 unspecified atom stereocenters. The van der Waals surface area contributed by atoms with E-state index in [2.05, 4.69) is 10.0 Å². The average molecular weight is 305 g/mol. The van der Waals surface area contributed by atoms with Gasteiger partial charge in [0.1, 0.15) is 0 Å². The zero-order valence-corrected chi connectivity index (χ0v) is 13.3. The first-order valence-electron chi connectivity index (χ1n) is 7.46. The molecule has 2 aliphatic rings. The van der Waals surface area contributed by atoms with Gasteiger partial charge in [-0.05, 0) is 51.6 Å². The Morgan fingerprint density at radius 1 is 1.35 bits per heavy atom. The van der Waals surface area contributed by atoms with E-state index in [0.29, 0.717) is 25.6 Å². The summed E-state index contributed by atoms with van der Waals surface area (Å²) < 4.78 is 34.5. The van der Waals surface area contributed by atoms with Crippen LogP contribution in [0.2, 0.25) is 0 Å². The van der Waals surface area contributed by atoms with Gasteiger partial charge in [-0.25, -0.2) is 0 Å². The van der Waals surface area contributed by atoms with Crippen molar-refractivity contribution in [1.29, 1.82) is 0 Å². The molecule has 1 saturated carbocycles. The minimum absolute atomic E-state index is 0.271. The van der Waals surface area contributed by atoms with Gasteiger partial charge in [-0.1, -0.05) is 0 Å². The fraction of sp³-hybridized carbons (Fsp3) is 1.00. The van der Waals surface area contributed by atoms with Crippen molar-refractivity contribution in [1.82, 2.24) is 14.3 Å². The molecular formula is C13H27N3O3S. The normalized spacial score (nSPS) is 27.2. The number of methoxy groups -OCH3 is 1. The number of piperidine rings is 1. The van der Waals surface area contributed by atoms with Crippen molar-refractivity contribution >= 4 is 10.2 Å². The molecule has 1 aliphatic carbocycles. The molecule has 0 bridgehead atoms. The van der Waals surface area contributed by atoms with E-state index in [9.17, 15) is 8.42 Å². The molecular weight excluding hydrogens is 278 g/mol. The maximum absolute atomic E-state index is 12.4. The quantitative estimate of drug-likeness (QED) is 0.711. The number of rotatable bonds is 7. The maximum Gasteiger partial charge on any atom is 0.279 e. The first-order valence-corrected chi connectivity index (χ1v) is 8.90. The summed E-state index contributed by atoms with van der Waals surface area (Å²) >= 11 is 0. The van der Waals surface area contributed by atoms with Gasteiger partial charge in [-0.15, -0.1) is 0 Å². The second kappa shape index (κ2) is 6.70. The second-order valence-corrected chi connectivity index (χ2v) is 7.75. The van der Waals surface area contributed by atoms with E-state index in [1.807, 2.05) is 7.05 Å². The van der Waals surface area contributed by atoms with Crippen molar-refractivity contribution in [2.45, 2.75) is 37.7 Å². The van der Waals surface area contributed by atoms with Crippen molar-refractivity contribution < 1.29 is 13.2 Å². The third-order valence-corrected chi connectivity index (χ3v) is 6.11. The van der Waals surface area contributed by atoms with Crippen molar-refractivity contribution in [3.8, 4) is 0 Å². The lowest BCUT2D eigenvalue weighted by Gasteiger charge is -2.41. The van der Waals surface area contributed by atoms with Gasteiger partial charge in [-0.3, -0.25) is 0 Å². The van der Waals surface area contributed by atoms with Gasteiger partial charge >= 0.3 is 0 Å². The van der Waals surface area contributed by atoms with Gasteiger partial charge in [-0.2, -0.15) is 17.4 Å². The lowest BCUT2D eigenvalue weighted by atomic mass is 9.80. The Balaban J connectivity index is 1.89. The standard InChI is InChI=1S/C13H27N3O3S/c1-14-9-12-5-3-8-16(10-12)20(17,18)15-11-13(19-2)6-4-7-13/h12,14-15H,3-11H2,1-2H3. The van der Waals surface area contributed by atoms with E-state index in [1.165, 1.54) is 0 Å². The van der Waals surface area contributed by atoms with E-state index in [4.69, 9.17) is 4.74 Å². The highest BCUT2D eigenvalue weighted by Gasteiger charge is 2.39. The molecule has 1 saturated heterocycles. The Kier molecular flexibility index (Phi) is 5.42. The van der Waals surface area contributed by atoms with Crippen LogP contribution < -0.4 is 10.0 Å². The maximum atomic E-state index is 12.4. The summed E-state index contributed by atoms with van der Waals surface area (Å²) in [4.78, 5) is 0. The van der Waals surface area contributed by atoms with Crippen molar-refractivity contribution in [2.24, 2.45) is 5.92 Å². The molecule has 2 fully saturated rings. The van der Waals surface area contributed by atoms with Gasteiger partial charge in [0, 0.05) is 26.7 Å². The molecule has 0 aromatic heterocycles. The van der Waals surface area contributed by atoms with Crippen LogP contribution in [0.15, 0.2) is 0 Å². The van der Waals surface area contributed by atoms with Crippen molar-refractivity contribution in [2.75, 3.05) is 40.3 Å². The van der Waals surface area contributed by atoms with Gasteiger partial charge in [0.2, 0.25) is 0 Å². The van der Waals surface area contributed by atoms with Gasteiger partial charge < -0.3 is 10.1 Å². The van der Waals surface area contributed by atoms with E-state index < -0.39 is 10.2 Å². The highest BCUT2D eigenvalue weighted by molar-refractivity contribution is 7.87. The fourth-order valence-corrected chi connectivity index (χ4v) is 4.44. The summed E-state index contributed by atoms with van der Waals surface area (Å²) in [6.07, 6.45) is 5.02. The van der Waals surface area contributed by atoms with Crippen LogP contribution in [0.3, 0.4) is 0 Å². The van der Waals surface area contributed by atoms with Gasteiger partial charge in [0.25, 0.3) is 10.2 Å². The van der Waals surface area contributed by atoms with Crippen LogP contribution in [0.4, 0.5) is 0 Å². The van der Waals surface area contributed by atoms with Crippen LogP contribution in [0.5, 0.6) is 0 Å². The summed E-state index contributed by atoms with van der Waals surface area (Å²) in [5.41, 5.74) is -0.271. The summed E-state index contributed by atoms with van der Waals surface area (Å²) in [5.74, 6) is 0.408. The van der Waals surface area contributed by atoms with Gasteiger partial charge in [0.15, 0.2) is 0 Å². The molecule has 1 aliphatic heterocycles. The Bertz CT molecular complexity index is 402. The molecule has 0 radical (unpaired) electrons. The van der Waals surface area contributed by atoms with E-state index >= 15 is 0 Å². The minimum Gasteiger partial charge on any atom is -0.377 e. The zero-order valence-electron chi connectivity index (χ0n) is 12.5. The molecule has 2 N–H and O–H groups in total. The first-order chi connectivity index (χ1) is 9.51. The second-order valence-electron chi connectivity index (χ2n) is 5.99. The third kappa shape index (κ3) is 3.71.